The summed E-state index contributed by atoms with van der Waals surface area (Å²) in [6, 6.07) is 29.3. The minimum atomic E-state index is -4.01. The molecule has 0 radical (unpaired) electrons. The summed E-state index contributed by atoms with van der Waals surface area (Å²) in [7, 11) is 4.19. The van der Waals surface area contributed by atoms with E-state index in [2.05, 4.69) is 78.6 Å². The van der Waals surface area contributed by atoms with Gasteiger partial charge in [-0.25, -0.2) is 8.42 Å². The van der Waals surface area contributed by atoms with Crippen LogP contribution in [0.25, 0.3) is 11.1 Å². The van der Waals surface area contributed by atoms with Gasteiger partial charge in [0.15, 0.2) is 28.8 Å². The van der Waals surface area contributed by atoms with Crippen molar-refractivity contribution in [3.63, 3.8) is 0 Å². The number of piperidine rings is 1. The number of hydrogen-bond donors (Lipinski definition) is 1. The second kappa shape index (κ2) is 22.0. The highest BCUT2D eigenvalue weighted by Gasteiger charge is 2.44. The van der Waals surface area contributed by atoms with Crippen LogP contribution in [0.4, 0.5) is 0 Å². The van der Waals surface area contributed by atoms with Gasteiger partial charge in [-0.1, -0.05) is 55.8 Å². The molecule has 1 aliphatic carbocycles. The number of rotatable bonds is 18. The van der Waals surface area contributed by atoms with Crippen LogP contribution in [0, 0.1) is 11.8 Å². The lowest BCUT2D eigenvalue weighted by Crippen LogP contribution is -2.48. The number of methoxy groups -OCH3 is 5. The van der Waals surface area contributed by atoms with Gasteiger partial charge in [0, 0.05) is 51.1 Å². The van der Waals surface area contributed by atoms with Crippen LogP contribution in [0.2, 0.25) is 0 Å². The second-order valence-corrected chi connectivity index (χ2v) is 22.0. The van der Waals surface area contributed by atoms with Gasteiger partial charge in [-0.05, 0) is 149 Å². The third kappa shape index (κ3) is 9.85. The Bertz CT molecular complexity index is 3000. The Balaban J connectivity index is 0.985. The fraction of sp³-hybridized carbons (Fsp3) is 0.441. The van der Waals surface area contributed by atoms with Crippen molar-refractivity contribution in [1.29, 1.82) is 0 Å². The fourth-order valence-electron chi connectivity index (χ4n) is 12.5. The number of allylic oxidation sites excluding steroid dienone is 1. The van der Waals surface area contributed by atoms with Crippen LogP contribution in [0.5, 0.6) is 28.7 Å². The van der Waals surface area contributed by atoms with Gasteiger partial charge in [-0.3, -0.25) is 9.69 Å². The summed E-state index contributed by atoms with van der Waals surface area (Å²) in [5, 5.41) is 10.0. The number of sulfonamides is 1. The van der Waals surface area contributed by atoms with Gasteiger partial charge in [0.05, 0.1) is 59.7 Å². The van der Waals surface area contributed by atoms with Gasteiger partial charge in [0.2, 0.25) is 16.3 Å². The van der Waals surface area contributed by atoms with Gasteiger partial charge in [0.1, 0.15) is 5.75 Å². The number of carbonyl (C=O) groups excluding carboxylic acids is 1. The summed E-state index contributed by atoms with van der Waals surface area (Å²) in [6.45, 7) is 4.05. The molecule has 15 heteroatoms. The first-order chi connectivity index (χ1) is 36.0. The quantitative estimate of drug-likeness (QED) is 0.0878. The molecule has 14 nitrogen and oxygen atoms in total. The second-order valence-electron chi connectivity index (χ2n) is 20.0. The maximum atomic E-state index is 15.8. The number of amides is 1. The summed E-state index contributed by atoms with van der Waals surface area (Å²) in [5.74, 6) is 3.64. The van der Waals surface area contributed by atoms with Gasteiger partial charge in [-0.15, -0.1) is 0 Å². The van der Waals surface area contributed by atoms with E-state index >= 15 is 4.79 Å². The van der Waals surface area contributed by atoms with Crippen LogP contribution < -0.4 is 23.7 Å². The predicted molar refractivity (Wildman–Crippen MR) is 282 cm³/mol. The van der Waals surface area contributed by atoms with Crippen molar-refractivity contribution in [3.8, 4) is 39.9 Å². The molecule has 0 spiro atoms. The van der Waals surface area contributed by atoms with Crippen molar-refractivity contribution in [2.45, 2.75) is 81.1 Å². The molecule has 74 heavy (non-hydrogen) atoms. The van der Waals surface area contributed by atoms with Gasteiger partial charge in [0.25, 0.3) is 5.91 Å². The topological polar surface area (TPSA) is 146 Å². The summed E-state index contributed by atoms with van der Waals surface area (Å²) in [4.78, 5) is 20.5. The van der Waals surface area contributed by atoms with E-state index in [4.69, 9.17) is 33.2 Å². The number of fused-ring (bicyclic) bond motifs is 7. The lowest BCUT2D eigenvalue weighted by atomic mass is 9.72. The predicted octanol–water partition coefficient (Wildman–Crippen LogP) is 8.88. The molecule has 0 bridgehead atoms. The molecule has 0 saturated carbocycles. The SMILES string of the molecule is CC[C@H]1CN2CCc3cc(OC)c(OC)cc3[C@@H]2C[C@@H]1C[C@@H]1c2cc(OC)c(OC)cc2CCN1C(=O)C1=C[C@@H](c2cccc3c2Cc2ccccc2-3)C[C@@H](OCCN(CCO)S(=O)(=O)c2ccc(OC)cc2)O1. The Kier molecular flexibility index (Phi) is 15.3. The number of ether oxygens (including phenoxy) is 7. The molecule has 5 aliphatic rings. The summed E-state index contributed by atoms with van der Waals surface area (Å²) in [6.07, 6.45) is 6.46. The molecule has 1 saturated heterocycles. The number of carbonyl (C=O) groups is 1. The van der Waals surface area contributed by atoms with Crippen molar-refractivity contribution >= 4 is 15.9 Å². The molecule has 4 heterocycles. The molecule has 10 rings (SSSR count). The maximum absolute atomic E-state index is 15.8. The van der Waals surface area contributed by atoms with Crippen LogP contribution in [0.1, 0.15) is 89.6 Å². The molecule has 0 unspecified atom stereocenters. The highest BCUT2D eigenvalue weighted by Crippen LogP contribution is 2.50. The van der Waals surface area contributed by atoms with Crippen LogP contribution in [-0.2, 0) is 43.6 Å². The molecular formula is C59H69N3O11S. The van der Waals surface area contributed by atoms with Gasteiger partial charge in [-0.2, -0.15) is 4.31 Å². The van der Waals surface area contributed by atoms with Crippen molar-refractivity contribution in [1.82, 2.24) is 14.1 Å². The maximum Gasteiger partial charge on any atom is 0.289 e. The zero-order valence-corrected chi connectivity index (χ0v) is 44.2. The molecular weight excluding hydrogens is 959 g/mol. The van der Waals surface area contributed by atoms with Crippen molar-refractivity contribution in [3.05, 3.63) is 142 Å². The van der Waals surface area contributed by atoms with E-state index in [-0.39, 0.29) is 66.8 Å². The average molecular weight is 1030 g/mol. The van der Waals surface area contributed by atoms with Crippen LogP contribution in [-0.4, -0.2) is 121 Å². The molecule has 0 aromatic heterocycles. The van der Waals surface area contributed by atoms with Crippen molar-refractivity contribution in [2.75, 3.05) is 81.5 Å². The normalized spacial score (nSPS) is 22.1. The largest absolute Gasteiger partial charge is 0.497 e. The molecule has 6 atom stereocenters. The Hall–Kier alpha value is -6.10. The van der Waals surface area contributed by atoms with E-state index < -0.39 is 16.3 Å². The van der Waals surface area contributed by atoms with E-state index in [1.165, 1.54) is 56.9 Å². The minimum absolute atomic E-state index is 0.0476. The lowest BCUT2D eigenvalue weighted by molar-refractivity contribution is -0.155. The first-order valence-corrected chi connectivity index (χ1v) is 27.4. The zero-order chi connectivity index (χ0) is 51.7. The summed E-state index contributed by atoms with van der Waals surface area (Å²) in [5.41, 5.74) is 10.7. The molecule has 1 fully saturated rings. The monoisotopic (exact) mass is 1030 g/mol. The van der Waals surface area contributed by atoms with Crippen LogP contribution in [0.15, 0.2) is 108 Å². The van der Waals surface area contributed by atoms with Gasteiger partial charge >= 0.3 is 0 Å². The van der Waals surface area contributed by atoms with Gasteiger partial charge < -0.3 is 43.2 Å². The molecule has 392 valence electrons. The van der Waals surface area contributed by atoms with Crippen molar-refractivity contribution < 1.29 is 51.5 Å². The number of aliphatic hydroxyl groups excluding tert-OH is 1. The first-order valence-electron chi connectivity index (χ1n) is 26.0. The number of benzene rings is 5. The highest BCUT2D eigenvalue weighted by molar-refractivity contribution is 7.89. The molecule has 5 aromatic carbocycles. The standard InChI is InChI=1S/C59H69N3O11S/c1-7-37-36-60-21-19-39-30-53(68-3)55(70-5)34-48(39)51(60)28-41(37)29-52-49-35-56(71-6)54(69-4)31-40(49)20-22-62(52)59(64)57-32-42(46-13-10-14-47-45-12-9-8-11-38(45)27-50(46)47)33-58(73-57)72-26-24-61(23-25-63)74(65,66)44-17-15-43(67-2)16-18-44/h8-18,30-32,34-35,37,41-42,51-52,58,63H,7,19-29,33,36H2,1-6H3/t37-,41+,42+,51-,52+,58-/m0/s1. The van der Waals surface area contributed by atoms with Crippen molar-refractivity contribution in [2.24, 2.45) is 11.8 Å². The minimum Gasteiger partial charge on any atom is -0.497 e. The molecule has 4 aliphatic heterocycles. The van der Waals surface area contributed by atoms with E-state index in [9.17, 15) is 13.5 Å². The van der Waals surface area contributed by atoms with Crippen LogP contribution in [0.3, 0.4) is 0 Å². The smallest absolute Gasteiger partial charge is 0.289 e. The highest BCUT2D eigenvalue weighted by atomic mass is 32.2. The van der Waals surface area contributed by atoms with E-state index in [0.29, 0.717) is 42.6 Å². The fourth-order valence-corrected chi connectivity index (χ4v) is 13.9. The van der Waals surface area contributed by atoms with E-state index in [0.717, 1.165) is 73.4 Å². The third-order valence-electron chi connectivity index (χ3n) is 16.3. The average Bonchev–Trinajstić information content (AvgIpc) is 3.82. The number of hydrogen-bond acceptors (Lipinski definition) is 12. The van der Waals surface area contributed by atoms with Crippen LogP contribution >= 0.6 is 0 Å². The Labute approximate surface area is 435 Å². The number of nitrogens with zero attached hydrogens (tertiary/aromatic N) is 3. The summed E-state index contributed by atoms with van der Waals surface area (Å²) >= 11 is 0. The zero-order valence-electron chi connectivity index (χ0n) is 43.4. The Morgan fingerprint density at radius 3 is 2.11 bits per heavy atom. The van der Waals surface area contributed by atoms with E-state index in [1.54, 1.807) is 40.6 Å². The molecule has 1 amide bonds. The molecule has 1 N–H and O–H groups in total. The number of aliphatic hydroxyl groups is 1. The summed E-state index contributed by atoms with van der Waals surface area (Å²) < 4.78 is 70.9. The Morgan fingerprint density at radius 2 is 1.41 bits per heavy atom. The first kappa shape index (κ1) is 51.4. The lowest BCUT2D eigenvalue weighted by Gasteiger charge is -2.49. The Morgan fingerprint density at radius 1 is 0.730 bits per heavy atom. The molecule has 5 aromatic rings. The van der Waals surface area contributed by atoms with E-state index in [1.807, 2.05) is 11.0 Å². The third-order valence-corrected chi connectivity index (χ3v) is 18.2.